The number of likely N-dealkylation sites (N-methyl/N-ethyl adjacent to an activating group) is 1. The van der Waals surface area contributed by atoms with Crippen molar-refractivity contribution in [3.63, 3.8) is 0 Å². The maximum absolute atomic E-state index is 11.9. The Balaban J connectivity index is 2.39. The molecule has 0 aromatic carbocycles. The first-order valence-corrected chi connectivity index (χ1v) is 7.83. The van der Waals surface area contributed by atoms with E-state index in [1.807, 2.05) is 11.9 Å². The van der Waals surface area contributed by atoms with Crippen LogP contribution < -0.4 is 5.32 Å². The number of hydrogen-bond donors (Lipinski definition) is 1. The lowest BCUT2D eigenvalue weighted by Gasteiger charge is -2.31. The van der Waals surface area contributed by atoms with Gasteiger partial charge in [-0.25, -0.2) is 0 Å². The number of amides is 1. The number of nitrogens with zero attached hydrogens (tertiary/aromatic N) is 1. The van der Waals surface area contributed by atoms with Gasteiger partial charge in [-0.2, -0.15) is 0 Å². The molecule has 0 aromatic heterocycles. The van der Waals surface area contributed by atoms with Gasteiger partial charge in [-0.1, -0.05) is 26.7 Å². The second-order valence-corrected chi connectivity index (χ2v) is 7.01. The van der Waals surface area contributed by atoms with E-state index in [9.17, 15) is 4.79 Å². The highest BCUT2D eigenvalue weighted by Gasteiger charge is 2.34. The largest absolute Gasteiger partial charge is 0.342 e. The van der Waals surface area contributed by atoms with E-state index in [1.54, 1.807) is 0 Å². The predicted molar refractivity (Wildman–Crippen MR) is 81.1 cm³/mol. The molecule has 19 heavy (non-hydrogen) atoms. The molecular formula is C16H32N2O. The Labute approximate surface area is 119 Å². The maximum Gasteiger partial charge on any atom is 0.236 e. The van der Waals surface area contributed by atoms with E-state index in [0.29, 0.717) is 12.0 Å². The third kappa shape index (κ3) is 5.13. The maximum atomic E-state index is 11.9. The molecule has 0 bridgehead atoms. The summed E-state index contributed by atoms with van der Waals surface area (Å²) in [6.45, 7) is 10.2. The van der Waals surface area contributed by atoms with Crippen LogP contribution in [0.3, 0.4) is 0 Å². The minimum atomic E-state index is 0.202. The lowest BCUT2D eigenvalue weighted by atomic mass is 9.78. The molecule has 1 amide bonds. The van der Waals surface area contributed by atoms with Crippen molar-refractivity contribution in [2.45, 2.75) is 65.8 Å². The SMILES string of the molecule is CC(C)CC1(CNCC(=O)N(C)C(C)C)CCCC1. The van der Waals surface area contributed by atoms with Crippen LogP contribution in [-0.2, 0) is 4.79 Å². The van der Waals surface area contributed by atoms with Crippen LogP contribution in [0.25, 0.3) is 0 Å². The zero-order valence-corrected chi connectivity index (χ0v) is 13.5. The van der Waals surface area contributed by atoms with Crippen molar-refractivity contribution in [3.05, 3.63) is 0 Å². The third-order valence-electron chi connectivity index (χ3n) is 4.45. The van der Waals surface area contributed by atoms with Crippen LogP contribution in [0.2, 0.25) is 0 Å². The fourth-order valence-corrected chi connectivity index (χ4v) is 3.29. The Morgan fingerprint density at radius 1 is 1.21 bits per heavy atom. The molecule has 1 fully saturated rings. The lowest BCUT2D eigenvalue weighted by Crippen LogP contribution is -2.42. The molecule has 0 atom stereocenters. The zero-order valence-electron chi connectivity index (χ0n) is 13.5. The van der Waals surface area contributed by atoms with E-state index >= 15 is 0 Å². The number of nitrogens with one attached hydrogen (secondary N) is 1. The van der Waals surface area contributed by atoms with E-state index < -0.39 is 0 Å². The van der Waals surface area contributed by atoms with Crippen LogP contribution in [0.1, 0.15) is 59.8 Å². The first-order chi connectivity index (χ1) is 8.86. The summed E-state index contributed by atoms with van der Waals surface area (Å²) in [5, 5.41) is 3.42. The molecule has 1 aliphatic rings. The fourth-order valence-electron chi connectivity index (χ4n) is 3.29. The summed E-state index contributed by atoms with van der Waals surface area (Å²) in [6, 6.07) is 0.283. The van der Waals surface area contributed by atoms with Crippen LogP contribution in [0.5, 0.6) is 0 Å². The smallest absolute Gasteiger partial charge is 0.236 e. The molecule has 0 spiro atoms. The Kier molecular flexibility index (Phi) is 6.31. The van der Waals surface area contributed by atoms with Crippen LogP contribution in [0.4, 0.5) is 0 Å². The standard InChI is InChI=1S/C16H32N2O/c1-13(2)10-16(8-6-7-9-16)12-17-11-15(19)18(5)14(3)4/h13-14,17H,6-12H2,1-5H3. The average molecular weight is 268 g/mol. The number of carbonyl (C=O) groups is 1. The highest BCUT2D eigenvalue weighted by Crippen LogP contribution is 2.42. The lowest BCUT2D eigenvalue weighted by molar-refractivity contribution is -0.130. The first-order valence-electron chi connectivity index (χ1n) is 7.83. The summed E-state index contributed by atoms with van der Waals surface area (Å²) in [4.78, 5) is 13.8. The van der Waals surface area contributed by atoms with Gasteiger partial charge >= 0.3 is 0 Å². The van der Waals surface area contributed by atoms with Crippen molar-refractivity contribution in [1.82, 2.24) is 10.2 Å². The molecule has 0 heterocycles. The normalized spacial score (nSPS) is 18.3. The van der Waals surface area contributed by atoms with E-state index in [0.717, 1.165) is 12.5 Å². The predicted octanol–water partition coefficient (Wildman–Crippen LogP) is 3.05. The summed E-state index contributed by atoms with van der Waals surface area (Å²) < 4.78 is 0. The molecule has 0 aliphatic heterocycles. The first kappa shape index (κ1) is 16.5. The van der Waals surface area contributed by atoms with Gasteiger partial charge in [-0.3, -0.25) is 4.79 Å². The zero-order chi connectivity index (χ0) is 14.5. The molecule has 1 aliphatic carbocycles. The quantitative estimate of drug-likeness (QED) is 0.769. The molecule has 112 valence electrons. The summed E-state index contributed by atoms with van der Waals surface area (Å²) in [5.41, 5.74) is 0.449. The third-order valence-corrected chi connectivity index (χ3v) is 4.45. The van der Waals surface area contributed by atoms with Crippen LogP contribution in [0.15, 0.2) is 0 Å². The van der Waals surface area contributed by atoms with Gasteiger partial charge in [0.25, 0.3) is 0 Å². The molecule has 3 nitrogen and oxygen atoms in total. The van der Waals surface area contributed by atoms with Crippen LogP contribution in [-0.4, -0.2) is 37.0 Å². The Morgan fingerprint density at radius 3 is 2.26 bits per heavy atom. The van der Waals surface area contributed by atoms with Gasteiger partial charge in [-0.05, 0) is 44.4 Å². The minimum Gasteiger partial charge on any atom is -0.342 e. The topological polar surface area (TPSA) is 32.3 Å². The highest BCUT2D eigenvalue weighted by molar-refractivity contribution is 5.78. The summed E-state index contributed by atoms with van der Waals surface area (Å²) in [7, 11) is 1.88. The van der Waals surface area contributed by atoms with Gasteiger partial charge in [-0.15, -0.1) is 0 Å². The molecule has 0 saturated heterocycles. The molecule has 3 heteroatoms. The Bertz CT molecular complexity index is 280. The molecular weight excluding hydrogens is 236 g/mol. The molecule has 0 unspecified atom stereocenters. The second-order valence-electron chi connectivity index (χ2n) is 7.01. The van der Waals surface area contributed by atoms with Gasteiger partial charge in [0.2, 0.25) is 5.91 Å². The fraction of sp³-hybridized carbons (Fsp3) is 0.938. The van der Waals surface area contributed by atoms with Crippen molar-refractivity contribution in [1.29, 1.82) is 0 Å². The number of hydrogen-bond acceptors (Lipinski definition) is 2. The van der Waals surface area contributed by atoms with E-state index in [2.05, 4.69) is 33.0 Å². The summed E-state index contributed by atoms with van der Waals surface area (Å²) in [6.07, 6.45) is 6.65. The molecule has 1 rings (SSSR count). The highest BCUT2D eigenvalue weighted by atomic mass is 16.2. The molecule has 1 saturated carbocycles. The minimum absolute atomic E-state index is 0.202. The van der Waals surface area contributed by atoms with Gasteiger partial charge in [0, 0.05) is 19.6 Å². The monoisotopic (exact) mass is 268 g/mol. The van der Waals surface area contributed by atoms with Gasteiger partial charge in [0.05, 0.1) is 6.54 Å². The van der Waals surface area contributed by atoms with Crippen LogP contribution in [0, 0.1) is 11.3 Å². The van der Waals surface area contributed by atoms with Crippen molar-refractivity contribution < 1.29 is 4.79 Å². The number of carbonyl (C=O) groups excluding carboxylic acids is 1. The summed E-state index contributed by atoms with van der Waals surface area (Å²) in [5.74, 6) is 0.946. The van der Waals surface area contributed by atoms with Crippen molar-refractivity contribution in [3.8, 4) is 0 Å². The average Bonchev–Trinajstić information content (AvgIpc) is 2.75. The number of rotatable bonds is 7. The van der Waals surface area contributed by atoms with Crippen molar-refractivity contribution in [2.24, 2.45) is 11.3 Å². The van der Waals surface area contributed by atoms with Crippen molar-refractivity contribution in [2.75, 3.05) is 20.1 Å². The van der Waals surface area contributed by atoms with E-state index in [1.165, 1.54) is 32.1 Å². The molecule has 0 aromatic rings. The van der Waals surface area contributed by atoms with Gasteiger partial charge in [0.1, 0.15) is 0 Å². The Morgan fingerprint density at radius 2 is 1.79 bits per heavy atom. The van der Waals surface area contributed by atoms with Gasteiger partial charge in [0.15, 0.2) is 0 Å². The van der Waals surface area contributed by atoms with Crippen molar-refractivity contribution >= 4 is 5.91 Å². The van der Waals surface area contributed by atoms with E-state index in [-0.39, 0.29) is 11.9 Å². The summed E-state index contributed by atoms with van der Waals surface area (Å²) >= 11 is 0. The van der Waals surface area contributed by atoms with Crippen LogP contribution >= 0.6 is 0 Å². The van der Waals surface area contributed by atoms with Gasteiger partial charge < -0.3 is 10.2 Å². The molecule has 1 N–H and O–H groups in total. The second kappa shape index (κ2) is 7.28. The molecule has 0 radical (unpaired) electrons. The Hall–Kier alpha value is -0.570. The van der Waals surface area contributed by atoms with E-state index in [4.69, 9.17) is 0 Å².